The van der Waals surface area contributed by atoms with E-state index in [1.165, 1.54) is 0 Å². The number of carbonyl (C=O) groups excluding carboxylic acids is 1. The quantitative estimate of drug-likeness (QED) is 0.719. The number of rotatable bonds is 2. The number of hydrogen-bond acceptors (Lipinski definition) is 1. The Hall–Kier alpha value is -1.31. The van der Waals surface area contributed by atoms with Crippen LogP contribution in [0.1, 0.15) is 27.0 Å². The summed E-state index contributed by atoms with van der Waals surface area (Å²) in [7, 11) is 0. The summed E-state index contributed by atoms with van der Waals surface area (Å²) in [4.78, 5) is 12.3. The fraction of sp³-hybridized carbons (Fsp3) is 0.133. The van der Waals surface area contributed by atoms with Gasteiger partial charge in [-0.1, -0.05) is 23.2 Å². The van der Waals surface area contributed by atoms with Crippen molar-refractivity contribution in [2.45, 2.75) is 13.8 Å². The zero-order chi connectivity index (χ0) is 13.3. The van der Waals surface area contributed by atoms with Crippen LogP contribution in [0.5, 0.6) is 0 Å². The molecule has 2 aromatic carbocycles. The highest BCUT2D eigenvalue weighted by Gasteiger charge is 2.11. The third-order valence-corrected chi connectivity index (χ3v) is 3.05. The molecule has 0 saturated carbocycles. The molecule has 3 heteroatoms. The predicted octanol–water partition coefficient (Wildman–Crippen LogP) is 4.84. The van der Waals surface area contributed by atoms with Crippen LogP contribution in [0, 0.1) is 13.8 Å². The van der Waals surface area contributed by atoms with Crippen molar-refractivity contribution in [3.63, 3.8) is 0 Å². The zero-order valence-electron chi connectivity index (χ0n) is 10.1. The molecule has 0 N–H and O–H groups in total. The number of hydrogen-bond donors (Lipinski definition) is 0. The van der Waals surface area contributed by atoms with Crippen molar-refractivity contribution in [2.75, 3.05) is 0 Å². The first-order valence-electron chi connectivity index (χ1n) is 5.55. The van der Waals surface area contributed by atoms with Gasteiger partial charge in [0.25, 0.3) is 0 Å². The maximum absolute atomic E-state index is 12.3. The Morgan fingerprint density at radius 3 is 1.50 bits per heavy atom. The highest BCUT2D eigenvalue weighted by molar-refractivity contribution is 6.32. The minimum absolute atomic E-state index is 0.0637. The van der Waals surface area contributed by atoms with Crippen LogP contribution < -0.4 is 0 Å². The second kappa shape index (κ2) is 5.13. The number of halogens is 2. The molecule has 0 aromatic heterocycles. The van der Waals surface area contributed by atoms with Crippen molar-refractivity contribution in [1.82, 2.24) is 0 Å². The van der Waals surface area contributed by atoms with Gasteiger partial charge in [0.2, 0.25) is 0 Å². The van der Waals surface area contributed by atoms with Gasteiger partial charge in [0.1, 0.15) is 0 Å². The van der Waals surface area contributed by atoms with Crippen LogP contribution in [-0.4, -0.2) is 5.78 Å². The average molecular weight is 279 g/mol. The maximum atomic E-state index is 12.3. The fourth-order valence-electron chi connectivity index (χ4n) is 1.90. The molecule has 0 aliphatic heterocycles. The minimum Gasteiger partial charge on any atom is -0.289 e. The molecule has 18 heavy (non-hydrogen) atoms. The van der Waals surface area contributed by atoms with Crippen LogP contribution in [0.15, 0.2) is 36.4 Å². The number of ketones is 1. The molecule has 0 aliphatic carbocycles. The van der Waals surface area contributed by atoms with E-state index in [0.717, 1.165) is 11.1 Å². The molecule has 92 valence electrons. The largest absolute Gasteiger partial charge is 0.289 e. The first kappa shape index (κ1) is 13.1. The van der Waals surface area contributed by atoms with Crippen molar-refractivity contribution in [2.24, 2.45) is 0 Å². The van der Waals surface area contributed by atoms with Crippen molar-refractivity contribution >= 4 is 29.0 Å². The number of aryl methyl sites for hydroxylation is 2. The van der Waals surface area contributed by atoms with Gasteiger partial charge in [0.15, 0.2) is 5.78 Å². The van der Waals surface area contributed by atoms with Gasteiger partial charge >= 0.3 is 0 Å². The van der Waals surface area contributed by atoms with E-state index < -0.39 is 0 Å². The molecule has 2 rings (SSSR count). The first-order valence-corrected chi connectivity index (χ1v) is 6.30. The molecule has 0 saturated heterocycles. The van der Waals surface area contributed by atoms with Gasteiger partial charge < -0.3 is 0 Å². The topological polar surface area (TPSA) is 17.1 Å². The third-order valence-electron chi connectivity index (χ3n) is 2.61. The Kier molecular flexibility index (Phi) is 3.74. The van der Waals surface area contributed by atoms with E-state index in [2.05, 4.69) is 0 Å². The van der Waals surface area contributed by atoms with Crippen LogP contribution in [0.25, 0.3) is 0 Å². The van der Waals surface area contributed by atoms with E-state index in [1.54, 1.807) is 12.1 Å². The second-order valence-electron chi connectivity index (χ2n) is 4.36. The van der Waals surface area contributed by atoms with Crippen LogP contribution in [-0.2, 0) is 0 Å². The highest BCUT2D eigenvalue weighted by atomic mass is 35.5. The van der Waals surface area contributed by atoms with Crippen molar-refractivity contribution in [1.29, 1.82) is 0 Å². The summed E-state index contributed by atoms with van der Waals surface area (Å²) in [5.41, 5.74) is 3.09. The molecule has 0 radical (unpaired) electrons. The Bertz CT molecular complexity index is 524. The van der Waals surface area contributed by atoms with Gasteiger partial charge in [-0.2, -0.15) is 0 Å². The monoisotopic (exact) mass is 278 g/mol. The van der Waals surface area contributed by atoms with Gasteiger partial charge in [0.05, 0.1) is 0 Å². The van der Waals surface area contributed by atoms with Gasteiger partial charge in [-0.05, 0) is 61.4 Å². The highest BCUT2D eigenvalue weighted by Crippen LogP contribution is 2.20. The fourth-order valence-corrected chi connectivity index (χ4v) is 2.48. The molecule has 1 nitrogen and oxygen atoms in total. The molecule has 2 aromatic rings. The van der Waals surface area contributed by atoms with E-state index in [1.807, 2.05) is 38.1 Å². The Labute approximate surface area is 116 Å². The summed E-state index contributed by atoms with van der Waals surface area (Å²) in [5, 5.41) is 1.13. The van der Waals surface area contributed by atoms with Gasteiger partial charge in [-0.25, -0.2) is 0 Å². The summed E-state index contributed by atoms with van der Waals surface area (Å²) in [6.07, 6.45) is 0. The Balaban J connectivity index is 2.47. The lowest BCUT2D eigenvalue weighted by Gasteiger charge is -2.05. The summed E-state index contributed by atoms with van der Waals surface area (Å²) in [6, 6.07) is 10.6. The van der Waals surface area contributed by atoms with Crippen LogP contribution in [0.4, 0.5) is 0 Å². The maximum Gasteiger partial charge on any atom is 0.193 e. The zero-order valence-corrected chi connectivity index (χ0v) is 11.6. The minimum atomic E-state index is -0.0637. The molecule has 0 fully saturated rings. The van der Waals surface area contributed by atoms with Crippen molar-refractivity contribution < 1.29 is 4.79 Å². The van der Waals surface area contributed by atoms with Crippen LogP contribution >= 0.6 is 23.2 Å². The molecule has 0 heterocycles. The molecule has 0 atom stereocenters. The molecule has 0 unspecified atom stereocenters. The van der Waals surface area contributed by atoms with Gasteiger partial charge in [-0.3, -0.25) is 4.79 Å². The summed E-state index contributed by atoms with van der Waals surface area (Å²) in [5.74, 6) is -0.0637. The normalized spacial score (nSPS) is 10.4. The molecule has 0 spiro atoms. The smallest absolute Gasteiger partial charge is 0.193 e. The van der Waals surface area contributed by atoms with Crippen molar-refractivity contribution in [3.05, 3.63) is 68.7 Å². The SMILES string of the molecule is Cc1cc(Cl)cc(C(=O)c2cc(C)cc(Cl)c2)c1. The van der Waals surface area contributed by atoms with Crippen LogP contribution in [0.2, 0.25) is 10.0 Å². The molecule has 0 amide bonds. The lowest BCUT2D eigenvalue weighted by Crippen LogP contribution is -2.02. The molecule has 0 aliphatic rings. The van der Waals surface area contributed by atoms with Crippen LogP contribution in [0.3, 0.4) is 0 Å². The lowest BCUT2D eigenvalue weighted by atomic mass is 10.0. The van der Waals surface area contributed by atoms with Gasteiger partial charge in [0, 0.05) is 21.2 Å². The second-order valence-corrected chi connectivity index (χ2v) is 5.24. The van der Waals surface area contributed by atoms with E-state index >= 15 is 0 Å². The standard InChI is InChI=1S/C15H12Cl2O/c1-9-3-11(7-13(16)5-9)15(18)12-4-10(2)6-14(17)8-12/h3-8H,1-2H3. The number of carbonyl (C=O) groups is 1. The predicted molar refractivity (Wildman–Crippen MR) is 75.8 cm³/mol. The van der Waals surface area contributed by atoms with Gasteiger partial charge in [-0.15, -0.1) is 0 Å². The molecular weight excluding hydrogens is 267 g/mol. The lowest BCUT2D eigenvalue weighted by molar-refractivity contribution is 0.103. The summed E-state index contributed by atoms with van der Waals surface area (Å²) >= 11 is 11.9. The van der Waals surface area contributed by atoms with Crippen molar-refractivity contribution in [3.8, 4) is 0 Å². The first-order chi connectivity index (χ1) is 8.45. The Morgan fingerprint density at radius 2 is 1.17 bits per heavy atom. The number of benzene rings is 2. The Morgan fingerprint density at radius 1 is 0.778 bits per heavy atom. The van der Waals surface area contributed by atoms with E-state index in [4.69, 9.17) is 23.2 Å². The van der Waals surface area contributed by atoms with E-state index in [0.29, 0.717) is 21.2 Å². The third kappa shape index (κ3) is 2.92. The molecule has 0 bridgehead atoms. The van der Waals surface area contributed by atoms with E-state index in [9.17, 15) is 4.79 Å². The summed E-state index contributed by atoms with van der Waals surface area (Å²) < 4.78 is 0. The molecular formula is C15H12Cl2O. The average Bonchev–Trinajstić information content (AvgIpc) is 2.25. The van der Waals surface area contributed by atoms with E-state index in [-0.39, 0.29) is 5.78 Å². The summed E-state index contributed by atoms with van der Waals surface area (Å²) in [6.45, 7) is 3.82.